The molecular formula is C14H15ClF3N3O3S. The van der Waals surface area contributed by atoms with Gasteiger partial charge in [0.05, 0.1) is 25.0 Å². The predicted molar refractivity (Wildman–Crippen MR) is 88.6 cm³/mol. The Bertz CT molecular complexity index is 660. The molecule has 1 heterocycles. The van der Waals surface area contributed by atoms with Crippen LogP contribution in [0.3, 0.4) is 0 Å². The van der Waals surface area contributed by atoms with E-state index in [1.54, 1.807) is 12.1 Å². The van der Waals surface area contributed by atoms with Gasteiger partial charge in [-0.3, -0.25) is 14.9 Å². The second-order valence-corrected chi connectivity index (χ2v) is 6.65. The fourth-order valence-corrected chi connectivity index (χ4v) is 3.13. The predicted octanol–water partition coefficient (Wildman–Crippen LogP) is 2.34. The lowest BCUT2D eigenvalue weighted by atomic mass is 10.1. The minimum Gasteiger partial charge on any atom is -0.495 e. The maximum Gasteiger partial charge on any atom is 0.404 e. The molecule has 2 atom stereocenters. The van der Waals surface area contributed by atoms with Crippen molar-refractivity contribution in [1.82, 2.24) is 10.6 Å². The van der Waals surface area contributed by atoms with Crippen molar-refractivity contribution in [3.63, 3.8) is 0 Å². The largest absolute Gasteiger partial charge is 0.495 e. The minimum absolute atomic E-state index is 0.182. The highest BCUT2D eigenvalue weighted by molar-refractivity contribution is 8.00. The lowest BCUT2D eigenvalue weighted by molar-refractivity contribution is -0.167. The molecule has 2 rings (SSSR count). The third-order valence-corrected chi connectivity index (χ3v) is 4.50. The van der Waals surface area contributed by atoms with Gasteiger partial charge in [0.1, 0.15) is 17.3 Å². The lowest BCUT2D eigenvalue weighted by Gasteiger charge is -2.32. The van der Waals surface area contributed by atoms with E-state index in [0.717, 1.165) is 11.8 Å². The van der Waals surface area contributed by atoms with E-state index in [1.165, 1.54) is 13.2 Å². The summed E-state index contributed by atoms with van der Waals surface area (Å²) in [5.74, 6) is -0.992. The van der Waals surface area contributed by atoms with Crippen LogP contribution >= 0.6 is 23.4 Å². The average Bonchev–Trinajstić information content (AvgIpc) is 2.52. The lowest BCUT2D eigenvalue weighted by Crippen LogP contribution is -2.59. The summed E-state index contributed by atoms with van der Waals surface area (Å²) in [4.78, 5) is 23.4. The number of halogens is 4. The summed E-state index contributed by atoms with van der Waals surface area (Å²) in [6.45, 7) is 0. The quantitative estimate of drug-likeness (QED) is 0.710. The SMILES string of the molecule is COc1ccc(Cl)cc1NC(=O)CSC1NC(=O)CC(C(F)(F)F)N1. The smallest absolute Gasteiger partial charge is 0.404 e. The molecule has 11 heteroatoms. The fourth-order valence-electron chi connectivity index (χ4n) is 2.10. The Hall–Kier alpha value is -1.65. The van der Waals surface area contributed by atoms with Crippen molar-refractivity contribution in [2.75, 3.05) is 18.2 Å². The average molecular weight is 398 g/mol. The molecule has 1 fully saturated rings. The van der Waals surface area contributed by atoms with Crippen molar-refractivity contribution in [3.8, 4) is 5.75 Å². The number of rotatable bonds is 5. The van der Waals surface area contributed by atoms with Gasteiger partial charge in [0.2, 0.25) is 11.8 Å². The van der Waals surface area contributed by atoms with Crippen molar-refractivity contribution in [2.45, 2.75) is 24.1 Å². The van der Waals surface area contributed by atoms with Gasteiger partial charge in [0.15, 0.2) is 0 Å². The molecule has 1 aliphatic heterocycles. The number of hydrogen-bond donors (Lipinski definition) is 3. The van der Waals surface area contributed by atoms with Gasteiger partial charge in [-0.15, -0.1) is 11.8 Å². The Labute approximate surface area is 150 Å². The third kappa shape index (κ3) is 5.68. The first-order valence-corrected chi connectivity index (χ1v) is 8.49. The second-order valence-electron chi connectivity index (χ2n) is 5.12. The summed E-state index contributed by atoms with van der Waals surface area (Å²) in [6, 6.07) is 2.71. The monoisotopic (exact) mass is 397 g/mol. The fraction of sp³-hybridized carbons (Fsp3) is 0.429. The molecule has 25 heavy (non-hydrogen) atoms. The van der Waals surface area contributed by atoms with Crippen LogP contribution in [-0.2, 0) is 9.59 Å². The Balaban J connectivity index is 1.91. The van der Waals surface area contributed by atoms with E-state index in [2.05, 4.69) is 16.0 Å². The van der Waals surface area contributed by atoms with Gasteiger partial charge in [-0.1, -0.05) is 11.6 Å². The van der Waals surface area contributed by atoms with Crippen molar-refractivity contribution in [2.24, 2.45) is 0 Å². The molecule has 0 aromatic heterocycles. The van der Waals surface area contributed by atoms with Gasteiger partial charge in [0.25, 0.3) is 0 Å². The van der Waals surface area contributed by atoms with Crippen LogP contribution in [-0.4, -0.2) is 42.4 Å². The number of anilines is 1. The summed E-state index contributed by atoms with van der Waals surface area (Å²) < 4.78 is 43.3. The number of ether oxygens (including phenoxy) is 1. The van der Waals surface area contributed by atoms with Gasteiger partial charge in [-0.25, -0.2) is 0 Å². The minimum atomic E-state index is -4.53. The molecule has 2 unspecified atom stereocenters. The van der Waals surface area contributed by atoms with Crippen LogP contribution < -0.4 is 20.7 Å². The molecule has 1 aromatic rings. The van der Waals surface area contributed by atoms with E-state index in [-0.39, 0.29) is 5.75 Å². The molecule has 3 N–H and O–H groups in total. The van der Waals surface area contributed by atoms with E-state index >= 15 is 0 Å². The van der Waals surface area contributed by atoms with Crippen molar-refractivity contribution in [3.05, 3.63) is 23.2 Å². The molecule has 0 radical (unpaired) electrons. The number of carbonyl (C=O) groups excluding carboxylic acids is 2. The van der Waals surface area contributed by atoms with Crippen LogP contribution in [0.5, 0.6) is 5.75 Å². The first-order valence-electron chi connectivity index (χ1n) is 7.06. The Morgan fingerprint density at radius 1 is 1.48 bits per heavy atom. The van der Waals surface area contributed by atoms with E-state index < -0.39 is 36.0 Å². The van der Waals surface area contributed by atoms with E-state index in [9.17, 15) is 22.8 Å². The summed E-state index contributed by atoms with van der Waals surface area (Å²) in [5, 5.41) is 7.56. The van der Waals surface area contributed by atoms with Crippen molar-refractivity contribution >= 4 is 40.9 Å². The molecule has 0 aliphatic carbocycles. The molecule has 0 saturated carbocycles. The first-order chi connectivity index (χ1) is 11.7. The van der Waals surface area contributed by atoms with Crippen LogP contribution in [0.15, 0.2) is 18.2 Å². The highest BCUT2D eigenvalue weighted by Gasteiger charge is 2.44. The number of amides is 2. The maximum atomic E-state index is 12.7. The van der Waals surface area contributed by atoms with Gasteiger partial charge in [-0.05, 0) is 18.2 Å². The molecule has 138 valence electrons. The van der Waals surface area contributed by atoms with E-state index in [0.29, 0.717) is 16.5 Å². The van der Waals surface area contributed by atoms with E-state index in [1.807, 2.05) is 0 Å². The van der Waals surface area contributed by atoms with Crippen molar-refractivity contribution in [1.29, 1.82) is 0 Å². The summed E-state index contributed by atoms with van der Waals surface area (Å²) in [5.41, 5.74) is -0.672. The molecule has 0 spiro atoms. The highest BCUT2D eigenvalue weighted by Crippen LogP contribution is 2.28. The zero-order chi connectivity index (χ0) is 18.6. The Morgan fingerprint density at radius 3 is 2.84 bits per heavy atom. The Kier molecular flexibility index (Phi) is 6.42. The first kappa shape index (κ1) is 19.7. The number of thioether (sulfide) groups is 1. The second kappa shape index (κ2) is 8.15. The molecule has 1 saturated heterocycles. The number of alkyl halides is 3. The van der Waals surface area contributed by atoms with Crippen molar-refractivity contribution < 1.29 is 27.5 Å². The number of methoxy groups -OCH3 is 1. The molecule has 1 aromatic carbocycles. The van der Waals surface area contributed by atoms with Gasteiger partial charge >= 0.3 is 6.18 Å². The molecule has 2 amide bonds. The third-order valence-electron chi connectivity index (χ3n) is 3.25. The number of carbonyl (C=O) groups is 2. The summed E-state index contributed by atoms with van der Waals surface area (Å²) in [7, 11) is 1.42. The van der Waals surface area contributed by atoms with Crippen LogP contribution in [0.25, 0.3) is 0 Å². The molecule has 0 bridgehead atoms. The number of hydrogen-bond acceptors (Lipinski definition) is 5. The summed E-state index contributed by atoms with van der Waals surface area (Å²) >= 11 is 6.69. The number of benzene rings is 1. The maximum absolute atomic E-state index is 12.7. The zero-order valence-electron chi connectivity index (χ0n) is 12.9. The topological polar surface area (TPSA) is 79.5 Å². The molecule has 6 nitrogen and oxygen atoms in total. The van der Waals surface area contributed by atoms with Crippen LogP contribution in [0.1, 0.15) is 6.42 Å². The van der Waals surface area contributed by atoms with Crippen LogP contribution in [0.4, 0.5) is 18.9 Å². The van der Waals surface area contributed by atoms with Crippen LogP contribution in [0.2, 0.25) is 5.02 Å². The zero-order valence-corrected chi connectivity index (χ0v) is 14.5. The van der Waals surface area contributed by atoms with E-state index in [4.69, 9.17) is 16.3 Å². The standard InChI is InChI=1S/C14H15ClF3N3O3S/c1-24-9-3-2-7(15)4-8(9)19-12(23)6-25-13-20-10(14(16,17)18)5-11(22)21-13/h2-4,10,13,20H,5-6H2,1H3,(H,19,23)(H,21,22). The van der Waals surface area contributed by atoms with Gasteiger partial charge in [-0.2, -0.15) is 13.2 Å². The highest BCUT2D eigenvalue weighted by atomic mass is 35.5. The van der Waals surface area contributed by atoms with Gasteiger partial charge < -0.3 is 15.4 Å². The number of nitrogens with one attached hydrogen (secondary N) is 3. The molecular weight excluding hydrogens is 383 g/mol. The Morgan fingerprint density at radius 2 is 2.20 bits per heavy atom. The van der Waals surface area contributed by atoms with Gasteiger partial charge in [0, 0.05) is 5.02 Å². The normalized spacial score (nSPS) is 20.8. The summed E-state index contributed by atoms with van der Waals surface area (Å²) in [6.07, 6.45) is -5.22. The van der Waals surface area contributed by atoms with Crippen LogP contribution in [0, 0.1) is 0 Å². The molecule has 1 aliphatic rings.